The maximum Gasteiger partial charge on any atom is 0.146 e. The van der Waals surface area contributed by atoms with Crippen LogP contribution in [0.1, 0.15) is 31.4 Å². The van der Waals surface area contributed by atoms with Gasteiger partial charge in [-0.2, -0.15) is 0 Å². The smallest absolute Gasteiger partial charge is 0.146 e. The molecule has 1 N–H and O–H groups in total. The first kappa shape index (κ1) is 14.3. The Morgan fingerprint density at radius 3 is 2.95 bits per heavy atom. The standard InChI is InChI=1S/C15H22FNO2/c1-11(18)13-5-6-15(14(16)8-13)17-7-3-4-12(9-17)10-19-2/h5-6,8,11-12,18H,3-4,7,9-10H2,1-2H3/t11-,12?/m0/s1. The van der Waals surface area contributed by atoms with E-state index >= 15 is 0 Å². The Hall–Kier alpha value is -1.13. The summed E-state index contributed by atoms with van der Waals surface area (Å²) in [6.45, 7) is 4.08. The third-order valence-electron chi connectivity index (χ3n) is 3.72. The van der Waals surface area contributed by atoms with Gasteiger partial charge in [0.15, 0.2) is 0 Å². The maximum absolute atomic E-state index is 14.1. The number of benzene rings is 1. The highest BCUT2D eigenvalue weighted by Crippen LogP contribution is 2.27. The van der Waals surface area contributed by atoms with E-state index in [-0.39, 0.29) is 5.82 Å². The van der Waals surface area contributed by atoms with Gasteiger partial charge < -0.3 is 14.7 Å². The number of hydrogen-bond acceptors (Lipinski definition) is 3. The average Bonchev–Trinajstić information content (AvgIpc) is 2.39. The van der Waals surface area contributed by atoms with Crippen LogP contribution >= 0.6 is 0 Å². The van der Waals surface area contributed by atoms with Crippen LogP contribution in [0.15, 0.2) is 18.2 Å². The Morgan fingerprint density at radius 1 is 1.53 bits per heavy atom. The van der Waals surface area contributed by atoms with E-state index in [0.717, 1.165) is 32.5 Å². The molecule has 0 aliphatic carbocycles. The zero-order valence-corrected chi connectivity index (χ0v) is 11.6. The van der Waals surface area contributed by atoms with Crippen LogP contribution in [0, 0.1) is 11.7 Å². The summed E-state index contributed by atoms with van der Waals surface area (Å²) in [4.78, 5) is 2.08. The summed E-state index contributed by atoms with van der Waals surface area (Å²) in [6, 6.07) is 5.00. The monoisotopic (exact) mass is 267 g/mol. The molecule has 2 rings (SSSR count). The van der Waals surface area contributed by atoms with Crippen molar-refractivity contribution >= 4 is 5.69 Å². The molecule has 0 saturated carbocycles. The summed E-state index contributed by atoms with van der Waals surface area (Å²) in [6.07, 6.45) is 1.56. The molecule has 1 aromatic carbocycles. The van der Waals surface area contributed by atoms with Gasteiger partial charge in [0.1, 0.15) is 5.82 Å². The summed E-state index contributed by atoms with van der Waals surface area (Å²) in [7, 11) is 1.71. The molecule has 1 fully saturated rings. The van der Waals surface area contributed by atoms with Gasteiger partial charge in [0.05, 0.1) is 18.4 Å². The van der Waals surface area contributed by atoms with Gasteiger partial charge in [-0.3, -0.25) is 0 Å². The molecule has 0 spiro atoms. The summed E-state index contributed by atoms with van der Waals surface area (Å²) < 4.78 is 19.3. The van der Waals surface area contributed by atoms with E-state index in [1.54, 1.807) is 26.2 Å². The normalized spacial score (nSPS) is 21.5. The van der Waals surface area contributed by atoms with Crippen molar-refractivity contribution < 1.29 is 14.2 Å². The number of halogens is 1. The molecule has 0 aromatic heterocycles. The number of ether oxygens (including phenoxy) is 1. The largest absolute Gasteiger partial charge is 0.389 e. The third kappa shape index (κ3) is 3.45. The van der Waals surface area contributed by atoms with Crippen LogP contribution in [-0.2, 0) is 4.74 Å². The summed E-state index contributed by atoms with van der Waals surface area (Å²) in [5.41, 5.74) is 1.25. The summed E-state index contributed by atoms with van der Waals surface area (Å²) >= 11 is 0. The van der Waals surface area contributed by atoms with Gasteiger partial charge in [0.25, 0.3) is 0 Å². The average molecular weight is 267 g/mol. The van der Waals surface area contributed by atoms with Crippen molar-refractivity contribution in [1.29, 1.82) is 0 Å². The van der Waals surface area contributed by atoms with Crippen molar-refractivity contribution in [3.8, 4) is 0 Å². The second-order valence-electron chi connectivity index (χ2n) is 5.30. The molecule has 1 unspecified atom stereocenters. The third-order valence-corrected chi connectivity index (χ3v) is 3.72. The molecule has 1 aliphatic rings. The van der Waals surface area contributed by atoms with E-state index in [0.29, 0.717) is 17.2 Å². The fourth-order valence-corrected chi connectivity index (χ4v) is 2.70. The highest BCUT2D eigenvalue weighted by atomic mass is 19.1. The van der Waals surface area contributed by atoms with Gasteiger partial charge in [-0.25, -0.2) is 4.39 Å². The van der Waals surface area contributed by atoms with Crippen LogP contribution in [0.2, 0.25) is 0 Å². The molecule has 1 saturated heterocycles. The van der Waals surface area contributed by atoms with Crippen molar-refractivity contribution in [2.24, 2.45) is 5.92 Å². The van der Waals surface area contributed by atoms with Gasteiger partial charge in [-0.05, 0) is 43.4 Å². The predicted octanol–water partition coefficient (Wildman–Crippen LogP) is 2.74. The predicted molar refractivity (Wildman–Crippen MR) is 73.8 cm³/mol. The van der Waals surface area contributed by atoms with E-state index in [9.17, 15) is 9.50 Å². The number of piperidine rings is 1. The second kappa shape index (κ2) is 6.35. The Bertz CT molecular complexity index is 421. The first-order valence-electron chi connectivity index (χ1n) is 6.83. The molecule has 4 heteroatoms. The van der Waals surface area contributed by atoms with Gasteiger partial charge >= 0.3 is 0 Å². The minimum absolute atomic E-state index is 0.253. The molecule has 19 heavy (non-hydrogen) atoms. The van der Waals surface area contributed by atoms with Crippen LogP contribution in [-0.4, -0.2) is 31.9 Å². The highest BCUT2D eigenvalue weighted by Gasteiger charge is 2.22. The Balaban J connectivity index is 2.12. The number of rotatable bonds is 4. The molecular formula is C15H22FNO2. The van der Waals surface area contributed by atoms with Crippen LogP contribution in [0.4, 0.5) is 10.1 Å². The number of nitrogens with zero attached hydrogens (tertiary/aromatic N) is 1. The lowest BCUT2D eigenvalue weighted by molar-refractivity contribution is 0.143. The molecule has 1 aromatic rings. The van der Waals surface area contributed by atoms with Crippen molar-refractivity contribution in [3.63, 3.8) is 0 Å². The molecule has 2 atom stereocenters. The van der Waals surface area contributed by atoms with Crippen molar-refractivity contribution in [1.82, 2.24) is 0 Å². The summed E-state index contributed by atoms with van der Waals surface area (Å²) in [5, 5.41) is 9.46. The highest BCUT2D eigenvalue weighted by molar-refractivity contribution is 5.49. The van der Waals surface area contributed by atoms with Crippen molar-refractivity contribution in [3.05, 3.63) is 29.6 Å². The molecule has 1 heterocycles. The molecule has 0 amide bonds. The minimum atomic E-state index is -0.633. The van der Waals surface area contributed by atoms with E-state index < -0.39 is 6.10 Å². The number of anilines is 1. The van der Waals surface area contributed by atoms with E-state index in [1.165, 1.54) is 6.07 Å². The minimum Gasteiger partial charge on any atom is -0.389 e. The van der Waals surface area contributed by atoms with E-state index in [1.807, 2.05) is 0 Å². The van der Waals surface area contributed by atoms with E-state index in [2.05, 4.69) is 4.90 Å². The first-order chi connectivity index (χ1) is 9.11. The second-order valence-corrected chi connectivity index (χ2v) is 5.30. The van der Waals surface area contributed by atoms with E-state index in [4.69, 9.17) is 4.74 Å². The van der Waals surface area contributed by atoms with Gasteiger partial charge in [-0.15, -0.1) is 0 Å². The fourth-order valence-electron chi connectivity index (χ4n) is 2.70. The molecule has 0 radical (unpaired) electrons. The quantitative estimate of drug-likeness (QED) is 0.910. The number of aliphatic hydroxyl groups excluding tert-OH is 1. The lowest BCUT2D eigenvalue weighted by Crippen LogP contribution is -2.37. The van der Waals surface area contributed by atoms with Crippen LogP contribution < -0.4 is 4.90 Å². The van der Waals surface area contributed by atoms with Crippen LogP contribution in [0.25, 0.3) is 0 Å². The first-order valence-corrected chi connectivity index (χ1v) is 6.83. The Kier molecular flexibility index (Phi) is 4.77. The fraction of sp³-hybridized carbons (Fsp3) is 0.600. The van der Waals surface area contributed by atoms with Gasteiger partial charge in [0, 0.05) is 20.2 Å². The number of methoxy groups -OCH3 is 1. The molecule has 1 aliphatic heterocycles. The zero-order valence-electron chi connectivity index (χ0n) is 11.6. The molecule has 106 valence electrons. The lowest BCUT2D eigenvalue weighted by Gasteiger charge is -2.34. The SMILES string of the molecule is COCC1CCCN(c2ccc([C@H](C)O)cc2F)C1. The zero-order chi connectivity index (χ0) is 13.8. The number of aliphatic hydroxyl groups is 1. The Labute approximate surface area is 114 Å². The van der Waals surface area contributed by atoms with Gasteiger partial charge in [-0.1, -0.05) is 6.07 Å². The Morgan fingerprint density at radius 2 is 2.32 bits per heavy atom. The molecule has 0 bridgehead atoms. The van der Waals surface area contributed by atoms with Crippen LogP contribution in [0.5, 0.6) is 0 Å². The maximum atomic E-state index is 14.1. The lowest BCUT2D eigenvalue weighted by atomic mass is 9.98. The topological polar surface area (TPSA) is 32.7 Å². The van der Waals surface area contributed by atoms with Gasteiger partial charge in [0.2, 0.25) is 0 Å². The van der Waals surface area contributed by atoms with Crippen LogP contribution in [0.3, 0.4) is 0 Å². The molecular weight excluding hydrogens is 245 g/mol. The van der Waals surface area contributed by atoms with Crippen molar-refractivity contribution in [2.45, 2.75) is 25.9 Å². The summed E-state index contributed by atoms with van der Waals surface area (Å²) in [5.74, 6) is 0.214. The molecule has 3 nitrogen and oxygen atoms in total. The van der Waals surface area contributed by atoms with Crippen molar-refractivity contribution in [2.75, 3.05) is 31.7 Å². The number of hydrogen-bond donors (Lipinski definition) is 1.